The first-order chi connectivity index (χ1) is 15.5. The molecule has 4 aromatic carbocycles. The summed E-state index contributed by atoms with van der Waals surface area (Å²) in [6.45, 7) is 0. The van der Waals surface area contributed by atoms with Crippen molar-refractivity contribution in [3.05, 3.63) is 108 Å². The minimum Gasteiger partial charge on any atom is -0.478 e. The zero-order valence-electron chi connectivity index (χ0n) is 17.0. The molecule has 0 saturated carbocycles. The molecule has 0 bridgehead atoms. The highest BCUT2D eigenvalue weighted by molar-refractivity contribution is 6.11. The maximum atomic E-state index is 12.4. The Bertz CT molecular complexity index is 1230. The number of carboxylic acid groups (broad SMARTS) is 2. The number of carboxylic acids is 2. The van der Waals surface area contributed by atoms with Crippen molar-refractivity contribution in [2.75, 3.05) is 10.6 Å². The summed E-state index contributed by atoms with van der Waals surface area (Å²) >= 11 is 0. The molecule has 0 heterocycles. The Kier molecular flexibility index (Phi) is 5.59. The van der Waals surface area contributed by atoms with Crippen molar-refractivity contribution in [3.63, 3.8) is 0 Å². The quantitative estimate of drug-likeness (QED) is 0.338. The molecule has 0 aliphatic carbocycles. The molecule has 0 atom stereocenters. The minimum absolute atomic E-state index is 0.256. The SMILES string of the molecule is Nc1ccc(-c2ccc(N(c3ccccc3)c3ccccc3)c(C(=O)O)c2C(=O)O)cc1. The Balaban J connectivity index is 2.03. The van der Waals surface area contributed by atoms with Crippen molar-refractivity contribution in [2.45, 2.75) is 0 Å². The third kappa shape index (κ3) is 3.89. The Morgan fingerprint density at radius 2 is 1.12 bits per heavy atom. The van der Waals surface area contributed by atoms with Gasteiger partial charge in [0.15, 0.2) is 0 Å². The molecule has 0 aliphatic rings. The van der Waals surface area contributed by atoms with E-state index in [0.29, 0.717) is 28.2 Å². The van der Waals surface area contributed by atoms with Crippen molar-refractivity contribution >= 4 is 34.7 Å². The molecule has 0 radical (unpaired) electrons. The van der Waals surface area contributed by atoms with Gasteiger partial charge in [0, 0.05) is 17.1 Å². The molecule has 32 heavy (non-hydrogen) atoms. The first-order valence-corrected chi connectivity index (χ1v) is 9.87. The van der Waals surface area contributed by atoms with E-state index in [1.807, 2.05) is 60.7 Å². The fourth-order valence-corrected chi connectivity index (χ4v) is 3.70. The van der Waals surface area contributed by atoms with Crippen LogP contribution in [0.3, 0.4) is 0 Å². The predicted molar refractivity (Wildman–Crippen MR) is 125 cm³/mol. The normalized spacial score (nSPS) is 10.5. The molecule has 4 N–H and O–H groups in total. The Labute approximate surface area is 184 Å². The smallest absolute Gasteiger partial charge is 0.338 e. The lowest BCUT2D eigenvalue weighted by Gasteiger charge is -2.28. The van der Waals surface area contributed by atoms with Crippen molar-refractivity contribution in [3.8, 4) is 11.1 Å². The number of aromatic carboxylic acids is 2. The second kappa shape index (κ2) is 8.65. The fourth-order valence-electron chi connectivity index (χ4n) is 3.70. The van der Waals surface area contributed by atoms with E-state index in [4.69, 9.17) is 5.73 Å². The fraction of sp³-hybridized carbons (Fsp3) is 0. The molecule has 6 nitrogen and oxygen atoms in total. The van der Waals surface area contributed by atoms with Gasteiger partial charge in [0.1, 0.15) is 0 Å². The third-order valence-corrected chi connectivity index (χ3v) is 5.10. The number of nitrogens with two attached hydrogens (primary N) is 1. The molecule has 4 aromatic rings. The van der Waals surface area contributed by atoms with Gasteiger partial charge in [0.2, 0.25) is 0 Å². The van der Waals surface area contributed by atoms with Gasteiger partial charge in [-0.05, 0) is 53.6 Å². The van der Waals surface area contributed by atoms with E-state index in [9.17, 15) is 19.8 Å². The lowest BCUT2D eigenvalue weighted by atomic mass is 9.93. The average molecular weight is 424 g/mol. The number of carbonyl (C=O) groups is 2. The zero-order valence-corrected chi connectivity index (χ0v) is 17.0. The number of nitrogen functional groups attached to an aromatic ring is 1. The van der Waals surface area contributed by atoms with Crippen LogP contribution in [0.4, 0.5) is 22.7 Å². The molecule has 0 spiro atoms. The first-order valence-electron chi connectivity index (χ1n) is 9.87. The van der Waals surface area contributed by atoms with Crippen LogP contribution >= 0.6 is 0 Å². The molecule has 4 rings (SSSR count). The van der Waals surface area contributed by atoms with E-state index >= 15 is 0 Å². The standard InChI is InChI=1S/C26H20N2O4/c27-18-13-11-17(12-14-18)21-15-16-22(24(26(31)32)23(21)25(29)30)28(19-7-3-1-4-8-19)20-9-5-2-6-10-20/h1-16H,27H2,(H,29,30)(H,31,32). The zero-order chi connectivity index (χ0) is 22.7. The van der Waals surface area contributed by atoms with Crippen molar-refractivity contribution < 1.29 is 19.8 Å². The summed E-state index contributed by atoms with van der Waals surface area (Å²) in [7, 11) is 0. The van der Waals surface area contributed by atoms with Crippen molar-refractivity contribution in [1.29, 1.82) is 0 Å². The van der Waals surface area contributed by atoms with Gasteiger partial charge < -0.3 is 20.8 Å². The van der Waals surface area contributed by atoms with Gasteiger partial charge in [-0.3, -0.25) is 0 Å². The summed E-state index contributed by atoms with van der Waals surface area (Å²) in [6.07, 6.45) is 0. The summed E-state index contributed by atoms with van der Waals surface area (Å²) in [5.74, 6) is -2.65. The number of hydrogen-bond acceptors (Lipinski definition) is 4. The average Bonchev–Trinajstić information content (AvgIpc) is 2.80. The highest BCUT2D eigenvalue weighted by Crippen LogP contribution is 2.40. The van der Waals surface area contributed by atoms with Crippen LogP contribution in [0.25, 0.3) is 11.1 Å². The third-order valence-electron chi connectivity index (χ3n) is 5.10. The van der Waals surface area contributed by atoms with E-state index in [1.54, 1.807) is 41.3 Å². The Morgan fingerprint density at radius 1 is 0.625 bits per heavy atom. The molecule has 0 aromatic heterocycles. The van der Waals surface area contributed by atoms with E-state index in [-0.39, 0.29) is 16.8 Å². The van der Waals surface area contributed by atoms with Crippen LogP contribution in [-0.2, 0) is 0 Å². The molecule has 0 amide bonds. The lowest BCUT2D eigenvalue weighted by molar-refractivity contribution is 0.0653. The highest BCUT2D eigenvalue weighted by Gasteiger charge is 2.28. The highest BCUT2D eigenvalue weighted by atomic mass is 16.4. The largest absolute Gasteiger partial charge is 0.478 e. The number of anilines is 4. The van der Waals surface area contributed by atoms with Gasteiger partial charge in [-0.1, -0.05) is 54.6 Å². The monoisotopic (exact) mass is 424 g/mol. The second-order valence-corrected chi connectivity index (χ2v) is 7.12. The van der Waals surface area contributed by atoms with E-state index in [0.717, 1.165) is 0 Å². The second-order valence-electron chi connectivity index (χ2n) is 7.12. The van der Waals surface area contributed by atoms with E-state index in [2.05, 4.69) is 0 Å². The summed E-state index contributed by atoms with van der Waals surface area (Å²) in [5.41, 5.74) is 8.25. The molecule has 0 unspecified atom stereocenters. The molecular weight excluding hydrogens is 404 g/mol. The van der Waals surface area contributed by atoms with Crippen LogP contribution in [0.5, 0.6) is 0 Å². The number of para-hydroxylation sites is 2. The topological polar surface area (TPSA) is 104 Å². The van der Waals surface area contributed by atoms with Crippen molar-refractivity contribution in [1.82, 2.24) is 0 Å². The molecule has 6 heteroatoms. The summed E-state index contributed by atoms with van der Waals surface area (Å²) in [6, 6.07) is 28.4. The van der Waals surface area contributed by atoms with Crippen LogP contribution in [0.2, 0.25) is 0 Å². The van der Waals surface area contributed by atoms with Crippen LogP contribution in [-0.4, -0.2) is 22.2 Å². The molecular formula is C26H20N2O4. The Morgan fingerprint density at radius 3 is 1.59 bits per heavy atom. The van der Waals surface area contributed by atoms with Gasteiger partial charge >= 0.3 is 11.9 Å². The van der Waals surface area contributed by atoms with E-state index in [1.165, 1.54) is 0 Å². The van der Waals surface area contributed by atoms with Gasteiger partial charge in [-0.25, -0.2) is 9.59 Å². The van der Waals surface area contributed by atoms with E-state index < -0.39 is 11.9 Å². The summed E-state index contributed by atoms with van der Waals surface area (Å²) in [5, 5.41) is 20.2. The minimum atomic E-state index is -1.33. The van der Waals surface area contributed by atoms with Gasteiger partial charge in [0.05, 0.1) is 16.8 Å². The number of rotatable bonds is 6. The molecule has 0 saturated heterocycles. The number of nitrogens with zero attached hydrogens (tertiary/aromatic N) is 1. The van der Waals surface area contributed by atoms with Crippen LogP contribution in [0.1, 0.15) is 20.7 Å². The Hall–Kier alpha value is -4.58. The van der Waals surface area contributed by atoms with Crippen molar-refractivity contribution in [2.24, 2.45) is 0 Å². The summed E-state index contributed by atoms with van der Waals surface area (Å²) < 4.78 is 0. The maximum absolute atomic E-state index is 12.4. The van der Waals surface area contributed by atoms with Gasteiger partial charge in [-0.2, -0.15) is 0 Å². The van der Waals surface area contributed by atoms with Gasteiger partial charge in [-0.15, -0.1) is 0 Å². The molecule has 0 aliphatic heterocycles. The number of benzene rings is 4. The van der Waals surface area contributed by atoms with Crippen LogP contribution in [0.15, 0.2) is 97.1 Å². The lowest BCUT2D eigenvalue weighted by Crippen LogP contribution is -2.18. The summed E-state index contributed by atoms with van der Waals surface area (Å²) in [4.78, 5) is 26.5. The van der Waals surface area contributed by atoms with Crippen LogP contribution < -0.4 is 10.6 Å². The molecule has 0 fully saturated rings. The number of hydrogen-bond donors (Lipinski definition) is 3. The molecule has 158 valence electrons. The van der Waals surface area contributed by atoms with Crippen LogP contribution in [0, 0.1) is 0 Å². The first kappa shape index (κ1) is 20.7. The maximum Gasteiger partial charge on any atom is 0.338 e. The van der Waals surface area contributed by atoms with Gasteiger partial charge in [0.25, 0.3) is 0 Å². The predicted octanol–water partition coefficient (Wildman–Crippen LogP) is 5.80.